The molecular weight excluding hydrogens is 325 g/mol. The van der Waals surface area contributed by atoms with E-state index in [0.717, 1.165) is 50.5 Å². The van der Waals surface area contributed by atoms with Crippen molar-refractivity contribution in [2.45, 2.75) is 58.5 Å². The summed E-state index contributed by atoms with van der Waals surface area (Å²) in [5.41, 5.74) is 1.05. The molecule has 134 valence electrons. The normalized spacial score (nSPS) is 12.7. The molecule has 0 amide bonds. The second-order valence-electron chi connectivity index (χ2n) is 6.06. The van der Waals surface area contributed by atoms with E-state index in [0.29, 0.717) is 12.8 Å². The van der Waals surface area contributed by atoms with Crippen molar-refractivity contribution in [3.05, 3.63) is 35.9 Å². The Hall–Kier alpha value is -1.29. The molecular formula is C18H29NO4P+. The molecule has 0 aliphatic rings. The van der Waals surface area contributed by atoms with Crippen molar-refractivity contribution in [2.24, 2.45) is 11.8 Å². The molecule has 0 aliphatic carbocycles. The van der Waals surface area contributed by atoms with Crippen molar-refractivity contribution >= 4 is 14.0 Å². The maximum atomic E-state index is 11.8. The Balaban J connectivity index is 1.93. The van der Waals surface area contributed by atoms with Gasteiger partial charge in [-0.15, -0.1) is 4.52 Å². The lowest BCUT2D eigenvalue weighted by atomic mass is 10.0. The predicted molar refractivity (Wildman–Crippen MR) is 95.5 cm³/mol. The van der Waals surface area contributed by atoms with Crippen LogP contribution in [0.1, 0.15) is 57.4 Å². The van der Waals surface area contributed by atoms with Gasteiger partial charge in [0.15, 0.2) is 6.16 Å². The molecule has 0 spiro atoms. The molecule has 2 unspecified atom stereocenters. The lowest BCUT2D eigenvalue weighted by molar-refractivity contribution is -0.148. The monoisotopic (exact) mass is 354 g/mol. The highest BCUT2D eigenvalue weighted by molar-refractivity contribution is 7.39. The second kappa shape index (κ2) is 13.1. The van der Waals surface area contributed by atoms with Crippen molar-refractivity contribution in [1.82, 2.24) is 0 Å². The zero-order valence-corrected chi connectivity index (χ0v) is 15.4. The Kier molecular flexibility index (Phi) is 11.3. The number of hydrogen-bond acceptors (Lipinski definition) is 5. The smallest absolute Gasteiger partial charge is 0.373 e. The minimum absolute atomic E-state index is 0.124. The maximum absolute atomic E-state index is 11.8. The van der Waals surface area contributed by atoms with Gasteiger partial charge in [-0.2, -0.15) is 5.90 Å². The zero-order valence-electron chi connectivity index (χ0n) is 14.5. The SMILES string of the molecule is CC(CCCCCCCC[P+](=O)OCc1ccccc1)C(=O)ON. The Bertz CT molecular complexity index is 481. The summed E-state index contributed by atoms with van der Waals surface area (Å²) in [6, 6.07) is 9.79. The van der Waals surface area contributed by atoms with Gasteiger partial charge in [0.2, 0.25) is 0 Å². The second-order valence-corrected chi connectivity index (χ2v) is 7.43. The third-order valence-electron chi connectivity index (χ3n) is 3.96. The molecule has 0 saturated heterocycles. The standard InChI is InChI=1S/C18H29NO4P/c1-16(18(20)23-19)11-7-4-2-3-5-10-14-24(21)22-15-17-12-8-6-9-13-17/h6,8-9,12-13,16H,2-5,7,10-11,14-15,19H2,1H3/q+1. The van der Waals surface area contributed by atoms with Gasteiger partial charge < -0.3 is 4.84 Å². The first-order valence-corrected chi connectivity index (χ1v) is 10.0. The van der Waals surface area contributed by atoms with Gasteiger partial charge in [0, 0.05) is 0 Å². The quantitative estimate of drug-likeness (QED) is 0.315. The van der Waals surface area contributed by atoms with Gasteiger partial charge in [0.05, 0.1) is 5.92 Å². The van der Waals surface area contributed by atoms with Gasteiger partial charge in [-0.3, -0.25) is 4.79 Å². The summed E-state index contributed by atoms with van der Waals surface area (Å²) < 4.78 is 17.2. The van der Waals surface area contributed by atoms with E-state index >= 15 is 0 Å². The Morgan fingerprint density at radius 2 is 1.71 bits per heavy atom. The Morgan fingerprint density at radius 3 is 2.38 bits per heavy atom. The molecule has 2 N–H and O–H groups in total. The first-order chi connectivity index (χ1) is 11.6. The average molecular weight is 354 g/mol. The van der Waals surface area contributed by atoms with Crippen molar-refractivity contribution in [3.63, 3.8) is 0 Å². The number of rotatable bonds is 13. The third kappa shape index (κ3) is 9.76. The minimum Gasteiger partial charge on any atom is -0.373 e. The summed E-state index contributed by atoms with van der Waals surface area (Å²) in [6.45, 7) is 2.25. The fourth-order valence-corrected chi connectivity index (χ4v) is 3.32. The van der Waals surface area contributed by atoms with Crippen molar-refractivity contribution in [2.75, 3.05) is 6.16 Å². The summed E-state index contributed by atoms with van der Waals surface area (Å²) in [5.74, 6) is 4.39. The van der Waals surface area contributed by atoms with Crippen LogP contribution in [0.3, 0.4) is 0 Å². The lowest BCUT2D eigenvalue weighted by Crippen LogP contribution is -2.18. The van der Waals surface area contributed by atoms with Gasteiger partial charge in [-0.05, 0) is 29.4 Å². The Labute approximate surface area is 145 Å². The van der Waals surface area contributed by atoms with Crippen LogP contribution in [0.2, 0.25) is 0 Å². The van der Waals surface area contributed by atoms with Crippen LogP contribution in [-0.2, 0) is 25.3 Å². The average Bonchev–Trinajstić information content (AvgIpc) is 2.62. The van der Waals surface area contributed by atoms with Gasteiger partial charge in [0.1, 0.15) is 6.61 Å². The number of hydrogen-bond donors (Lipinski definition) is 1. The molecule has 0 bridgehead atoms. The van der Waals surface area contributed by atoms with Gasteiger partial charge in [-0.25, -0.2) is 0 Å². The lowest BCUT2D eigenvalue weighted by Gasteiger charge is -2.07. The van der Waals surface area contributed by atoms with E-state index in [1.807, 2.05) is 37.3 Å². The summed E-state index contributed by atoms with van der Waals surface area (Å²) in [5, 5.41) is 0. The van der Waals surface area contributed by atoms with Crippen molar-refractivity contribution < 1.29 is 18.7 Å². The molecule has 1 aromatic carbocycles. The highest BCUT2D eigenvalue weighted by atomic mass is 31.1. The fourth-order valence-electron chi connectivity index (χ4n) is 2.42. The van der Waals surface area contributed by atoms with Crippen LogP contribution in [-0.4, -0.2) is 12.1 Å². The maximum Gasteiger partial charge on any atom is 0.508 e. The highest BCUT2D eigenvalue weighted by Gasteiger charge is 2.16. The molecule has 6 heteroatoms. The highest BCUT2D eigenvalue weighted by Crippen LogP contribution is 2.26. The van der Waals surface area contributed by atoms with E-state index in [4.69, 9.17) is 10.4 Å². The van der Waals surface area contributed by atoms with Gasteiger partial charge >= 0.3 is 14.0 Å². The van der Waals surface area contributed by atoms with E-state index in [9.17, 15) is 9.36 Å². The summed E-state index contributed by atoms with van der Waals surface area (Å²) in [7, 11) is -1.56. The predicted octanol–water partition coefficient (Wildman–Crippen LogP) is 4.73. The van der Waals surface area contributed by atoms with E-state index in [2.05, 4.69) is 4.84 Å². The van der Waals surface area contributed by atoms with Crippen LogP contribution in [0.25, 0.3) is 0 Å². The molecule has 1 aromatic rings. The van der Waals surface area contributed by atoms with Gasteiger partial charge in [0.25, 0.3) is 0 Å². The molecule has 0 aliphatic heterocycles. The molecule has 2 atom stereocenters. The van der Waals surface area contributed by atoms with E-state index in [-0.39, 0.29) is 11.9 Å². The number of unbranched alkanes of at least 4 members (excludes halogenated alkanes) is 5. The van der Waals surface area contributed by atoms with Crippen LogP contribution >= 0.6 is 8.03 Å². The fraction of sp³-hybridized carbons (Fsp3) is 0.611. The van der Waals surface area contributed by atoms with Crippen LogP contribution in [0, 0.1) is 5.92 Å². The van der Waals surface area contributed by atoms with E-state index in [1.54, 1.807) is 0 Å². The Morgan fingerprint density at radius 1 is 1.08 bits per heavy atom. The van der Waals surface area contributed by atoms with Crippen molar-refractivity contribution in [3.8, 4) is 0 Å². The summed E-state index contributed by atoms with van der Waals surface area (Å²) in [6.07, 6.45) is 7.79. The third-order valence-corrected chi connectivity index (χ3v) is 5.06. The van der Waals surface area contributed by atoms with E-state index in [1.165, 1.54) is 0 Å². The first-order valence-electron chi connectivity index (χ1n) is 8.65. The molecule has 0 saturated carbocycles. The number of carbonyl (C=O) groups is 1. The molecule has 0 heterocycles. The topological polar surface area (TPSA) is 78.6 Å². The number of benzene rings is 1. The minimum atomic E-state index is -1.56. The van der Waals surface area contributed by atoms with Crippen LogP contribution in [0.4, 0.5) is 0 Å². The molecule has 24 heavy (non-hydrogen) atoms. The van der Waals surface area contributed by atoms with E-state index < -0.39 is 8.03 Å². The van der Waals surface area contributed by atoms with Crippen LogP contribution in [0.5, 0.6) is 0 Å². The first kappa shape index (κ1) is 20.8. The number of carbonyl (C=O) groups excluding carboxylic acids is 1. The molecule has 5 nitrogen and oxygen atoms in total. The summed E-state index contributed by atoms with van der Waals surface area (Å²) in [4.78, 5) is 15.4. The molecule has 0 aromatic heterocycles. The number of nitrogens with two attached hydrogens (primary N) is 1. The van der Waals surface area contributed by atoms with Gasteiger partial charge in [-0.1, -0.05) is 62.9 Å². The molecule has 1 rings (SSSR count). The molecule has 0 fully saturated rings. The van der Waals surface area contributed by atoms with Crippen LogP contribution < -0.4 is 5.90 Å². The van der Waals surface area contributed by atoms with Crippen LogP contribution in [0.15, 0.2) is 30.3 Å². The summed E-state index contributed by atoms with van der Waals surface area (Å²) >= 11 is 0. The largest absolute Gasteiger partial charge is 0.508 e. The zero-order chi connectivity index (χ0) is 17.6. The molecule has 0 radical (unpaired) electrons. The van der Waals surface area contributed by atoms with Crippen molar-refractivity contribution in [1.29, 1.82) is 0 Å².